The average molecular weight is 131 g/mol. The predicted molar refractivity (Wildman–Crippen MR) is 44.6 cm³/mol. The summed E-state index contributed by atoms with van der Waals surface area (Å²) in [4.78, 5) is 0. The number of hydrogen-bond acceptors (Lipinski definition) is 0. The van der Waals surface area contributed by atoms with Crippen LogP contribution in [-0.4, -0.2) is 58.6 Å². The fraction of sp³-hybridized carbons (Fsp3) is 1.00. The van der Waals surface area contributed by atoms with Crippen LogP contribution in [0.3, 0.4) is 0 Å². The number of rotatable bonds is 2. The van der Waals surface area contributed by atoms with Crippen LogP contribution in [0.25, 0.3) is 0 Å². The second-order valence-electron chi connectivity index (χ2n) is 5.57. The Balaban J connectivity index is 3.75. The molecule has 56 valence electrons. The minimum Gasteiger partial charge on any atom is -0.473 e. The first-order valence-electron chi connectivity index (χ1n) is 3.58. The summed E-state index contributed by atoms with van der Waals surface area (Å²) in [7, 11) is 13.7. The number of quaternary nitrogens is 2. The van der Waals surface area contributed by atoms with Gasteiger partial charge in [0.25, 0.3) is 0 Å². The van der Waals surface area contributed by atoms with E-state index in [4.69, 9.17) is 0 Å². The Morgan fingerprint density at radius 3 is 0.889 bits per heavy atom. The van der Waals surface area contributed by atoms with E-state index in [0.29, 0.717) is 0 Å². The maximum Gasteiger partial charge on any atom is 0.385 e. The molecule has 0 saturated heterocycles. The lowest BCUT2D eigenvalue weighted by molar-refractivity contribution is -0.869. The lowest BCUT2D eigenvalue weighted by atomic mass is 10.0. The molecule has 0 amide bonds. The SMILES string of the molecule is C[N+](C)(C)[BH2-][N+](C)(C)C. The molecule has 0 N–H and O–H groups in total. The quantitative estimate of drug-likeness (QED) is 0.439. The minimum absolute atomic E-state index is 0.0833. The van der Waals surface area contributed by atoms with Crippen LogP contribution >= 0.6 is 0 Å². The Hall–Kier alpha value is -0.0151. The molecule has 0 rings (SSSR count). The zero-order valence-corrected chi connectivity index (χ0v) is 7.89. The molecule has 0 aromatic carbocycles. The van der Waals surface area contributed by atoms with Gasteiger partial charge < -0.3 is 8.79 Å². The van der Waals surface area contributed by atoms with E-state index >= 15 is 0 Å². The summed E-state index contributed by atoms with van der Waals surface area (Å²) in [5.41, 5.74) is 0. The first kappa shape index (κ1) is 8.98. The third-order valence-corrected chi connectivity index (χ3v) is 1.20. The molecule has 0 saturated carbocycles. The summed E-state index contributed by atoms with van der Waals surface area (Å²) < 4.78 is 2.31. The van der Waals surface area contributed by atoms with E-state index in [1.165, 1.54) is 0 Å². The van der Waals surface area contributed by atoms with Gasteiger partial charge in [-0.25, -0.2) is 0 Å². The van der Waals surface area contributed by atoms with Crippen molar-refractivity contribution in [2.75, 3.05) is 42.3 Å². The lowest BCUT2D eigenvalue weighted by Gasteiger charge is -2.41. The molecule has 3 heteroatoms. The van der Waals surface area contributed by atoms with E-state index in [1.807, 2.05) is 0 Å². The fourth-order valence-corrected chi connectivity index (χ4v) is 1.80. The minimum atomic E-state index is 0.0833. The van der Waals surface area contributed by atoms with Gasteiger partial charge in [-0.1, -0.05) is 0 Å². The maximum atomic E-state index is 2.27. The van der Waals surface area contributed by atoms with Crippen LogP contribution in [-0.2, 0) is 0 Å². The summed E-state index contributed by atoms with van der Waals surface area (Å²) in [5.74, 6) is 0. The molecule has 0 aliphatic carbocycles. The van der Waals surface area contributed by atoms with Crippen molar-refractivity contribution in [2.45, 2.75) is 0 Å². The summed E-state index contributed by atoms with van der Waals surface area (Å²) in [6.07, 6.45) is 0. The predicted octanol–water partition coefficient (Wildman–Crippen LogP) is -0.602. The van der Waals surface area contributed by atoms with E-state index in [0.717, 1.165) is 8.79 Å². The summed E-state index contributed by atoms with van der Waals surface area (Å²) in [6, 6.07) is 0. The molecule has 9 heavy (non-hydrogen) atoms. The van der Waals surface area contributed by atoms with Gasteiger partial charge in [-0.15, -0.1) is 0 Å². The van der Waals surface area contributed by atoms with Crippen LogP contribution in [0.2, 0.25) is 0 Å². The smallest absolute Gasteiger partial charge is 0.385 e. The van der Waals surface area contributed by atoms with Gasteiger partial charge in [0.05, 0.1) is 0 Å². The van der Waals surface area contributed by atoms with Crippen LogP contribution in [0.4, 0.5) is 0 Å². The highest BCUT2D eigenvalue weighted by Crippen LogP contribution is 1.94. The third-order valence-electron chi connectivity index (χ3n) is 1.20. The van der Waals surface area contributed by atoms with Crippen LogP contribution in [0.15, 0.2) is 0 Å². The van der Waals surface area contributed by atoms with Gasteiger partial charge in [-0.05, 0) is 0 Å². The summed E-state index contributed by atoms with van der Waals surface area (Å²) in [6.45, 7) is 0. The van der Waals surface area contributed by atoms with Gasteiger partial charge >= 0.3 is 7.55 Å². The molecule has 0 atom stereocenters. The van der Waals surface area contributed by atoms with Gasteiger partial charge in [-0.3, -0.25) is 0 Å². The zero-order valence-electron chi connectivity index (χ0n) is 7.89. The van der Waals surface area contributed by atoms with Crippen molar-refractivity contribution in [3.63, 3.8) is 0 Å². The molecule has 2 nitrogen and oxygen atoms in total. The zero-order chi connectivity index (χ0) is 7.71. The molecule has 0 heterocycles. The van der Waals surface area contributed by atoms with Crippen LogP contribution < -0.4 is 0 Å². The van der Waals surface area contributed by atoms with Crippen LogP contribution in [0.5, 0.6) is 0 Å². The van der Waals surface area contributed by atoms with E-state index in [2.05, 4.69) is 42.3 Å². The third kappa shape index (κ3) is 7.98. The second kappa shape index (κ2) is 2.31. The number of hydrogen-bond donors (Lipinski definition) is 0. The van der Waals surface area contributed by atoms with Gasteiger partial charge in [-0.2, -0.15) is 0 Å². The summed E-state index contributed by atoms with van der Waals surface area (Å²) in [5, 5.41) is 0. The Kier molecular flexibility index (Phi) is 2.31. The van der Waals surface area contributed by atoms with Gasteiger partial charge in [0.2, 0.25) is 0 Å². The highest BCUT2D eigenvalue weighted by atomic mass is 15.4. The molecule has 0 spiro atoms. The van der Waals surface area contributed by atoms with Crippen molar-refractivity contribution in [1.29, 1.82) is 0 Å². The standard InChI is InChI=1S/C6H20BN2/c1-8(2,3)7-9(4,5)6/h7H2,1-6H3/q+1. The molecular weight excluding hydrogens is 111 g/mol. The molecule has 0 aromatic rings. The first-order chi connectivity index (χ1) is 3.71. The van der Waals surface area contributed by atoms with E-state index in [9.17, 15) is 0 Å². The Labute approximate surface area is 59.5 Å². The van der Waals surface area contributed by atoms with E-state index < -0.39 is 0 Å². The molecule has 0 radical (unpaired) electrons. The van der Waals surface area contributed by atoms with Crippen molar-refractivity contribution in [3.05, 3.63) is 0 Å². The highest BCUT2D eigenvalue weighted by molar-refractivity contribution is 6.15. The van der Waals surface area contributed by atoms with Crippen LogP contribution in [0.1, 0.15) is 0 Å². The molecule has 0 aliphatic heterocycles. The Morgan fingerprint density at radius 2 is 0.889 bits per heavy atom. The maximum absolute atomic E-state index is 2.27. The van der Waals surface area contributed by atoms with E-state index in [-0.39, 0.29) is 7.55 Å². The van der Waals surface area contributed by atoms with Crippen molar-refractivity contribution in [2.24, 2.45) is 0 Å². The first-order valence-corrected chi connectivity index (χ1v) is 3.58. The summed E-state index contributed by atoms with van der Waals surface area (Å²) >= 11 is 0. The molecule has 0 fully saturated rings. The normalized spacial score (nSPS) is 14.0. The van der Waals surface area contributed by atoms with Gasteiger partial charge in [0.15, 0.2) is 0 Å². The molecule has 0 bridgehead atoms. The number of nitrogens with zero attached hydrogens (tertiary/aromatic N) is 2. The van der Waals surface area contributed by atoms with Crippen molar-refractivity contribution < 1.29 is 8.79 Å². The molecule has 0 aromatic heterocycles. The lowest BCUT2D eigenvalue weighted by Crippen LogP contribution is -2.54. The molecule has 0 unspecified atom stereocenters. The van der Waals surface area contributed by atoms with E-state index in [1.54, 1.807) is 0 Å². The Morgan fingerprint density at radius 1 is 0.667 bits per heavy atom. The average Bonchev–Trinajstić information content (AvgIpc) is 1.14. The van der Waals surface area contributed by atoms with Gasteiger partial charge in [0.1, 0.15) is 0 Å². The largest absolute Gasteiger partial charge is 0.473 e. The monoisotopic (exact) mass is 131 g/mol. The van der Waals surface area contributed by atoms with Crippen molar-refractivity contribution in [1.82, 2.24) is 0 Å². The fourth-order valence-electron chi connectivity index (χ4n) is 1.80. The Bertz CT molecular complexity index is 76.2. The highest BCUT2D eigenvalue weighted by Gasteiger charge is 2.12. The molecular formula is C6H20BN2+. The topological polar surface area (TPSA) is 0 Å². The van der Waals surface area contributed by atoms with Crippen LogP contribution in [0, 0.1) is 0 Å². The second-order valence-corrected chi connectivity index (χ2v) is 5.57. The van der Waals surface area contributed by atoms with Crippen molar-refractivity contribution >= 4 is 7.55 Å². The van der Waals surface area contributed by atoms with Crippen molar-refractivity contribution in [3.8, 4) is 0 Å². The van der Waals surface area contributed by atoms with Gasteiger partial charge in [0, 0.05) is 42.3 Å². The molecule has 0 aliphatic rings.